The minimum atomic E-state index is -3.66. The fourth-order valence-electron chi connectivity index (χ4n) is 2.47. The summed E-state index contributed by atoms with van der Waals surface area (Å²) in [5, 5.41) is 0. The number of rotatable bonds is 12. The molecule has 29 heavy (non-hydrogen) atoms. The van der Waals surface area contributed by atoms with E-state index in [-0.39, 0.29) is 26.4 Å². The van der Waals surface area contributed by atoms with Gasteiger partial charge < -0.3 is 35.4 Å². The highest BCUT2D eigenvalue weighted by Crippen LogP contribution is 2.22. The van der Waals surface area contributed by atoms with Gasteiger partial charge in [0.2, 0.25) is 0 Å². The van der Waals surface area contributed by atoms with E-state index in [1.807, 2.05) is 0 Å². The summed E-state index contributed by atoms with van der Waals surface area (Å²) >= 11 is 0. The Hall–Kier alpha value is -2.82. The predicted molar refractivity (Wildman–Crippen MR) is 99.7 cm³/mol. The number of hydrogen-bond acceptors (Lipinski definition) is 8. The molecule has 0 unspecified atom stereocenters. The van der Waals surface area contributed by atoms with Crippen LogP contribution in [0.15, 0.2) is 91.3 Å². The third-order valence-corrected chi connectivity index (χ3v) is 5.88. The van der Waals surface area contributed by atoms with E-state index in [4.69, 9.17) is 35.4 Å². The first kappa shape index (κ1) is 19.5. The van der Waals surface area contributed by atoms with E-state index in [0.29, 0.717) is 23.0 Å². The molecule has 0 saturated heterocycles. The molecule has 9 heteroatoms. The van der Waals surface area contributed by atoms with Crippen LogP contribution in [0, 0.1) is 0 Å². The van der Waals surface area contributed by atoms with Crippen molar-refractivity contribution in [2.24, 2.45) is 0 Å². The van der Waals surface area contributed by atoms with Crippen LogP contribution in [0.25, 0.3) is 0 Å². The topological polar surface area (TPSA) is 89.5 Å². The van der Waals surface area contributed by atoms with Crippen molar-refractivity contribution in [3.05, 3.63) is 96.6 Å². The van der Waals surface area contributed by atoms with Crippen molar-refractivity contribution in [1.82, 2.24) is 0 Å². The van der Waals surface area contributed by atoms with Crippen molar-refractivity contribution >= 4 is 9.05 Å². The van der Waals surface area contributed by atoms with Crippen LogP contribution in [0.2, 0.25) is 0 Å². The number of furan rings is 4. The van der Waals surface area contributed by atoms with E-state index in [0.717, 1.165) is 0 Å². The highest BCUT2D eigenvalue weighted by atomic mass is 28.4. The molecule has 152 valence electrons. The maximum absolute atomic E-state index is 6.02. The first-order valence-corrected chi connectivity index (χ1v) is 10.6. The Balaban J connectivity index is 1.51. The molecule has 4 aromatic rings. The molecule has 0 aliphatic rings. The Morgan fingerprint density at radius 1 is 0.483 bits per heavy atom. The second-order valence-corrected chi connectivity index (χ2v) is 8.13. The highest BCUT2D eigenvalue weighted by molar-refractivity contribution is 6.53. The Morgan fingerprint density at radius 2 is 0.759 bits per heavy atom. The van der Waals surface area contributed by atoms with Gasteiger partial charge in [0, 0.05) is 0 Å². The van der Waals surface area contributed by atoms with Crippen LogP contribution in [-0.2, 0) is 44.1 Å². The minimum absolute atomic E-state index is 0.119. The second-order valence-electron chi connectivity index (χ2n) is 5.97. The minimum Gasteiger partial charge on any atom is -0.467 e. The third-order valence-electron chi connectivity index (χ3n) is 3.89. The molecule has 0 aliphatic heterocycles. The Kier molecular flexibility index (Phi) is 6.44. The van der Waals surface area contributed by atoms with Crippen LogP contribution in [0.3, 0.4) is 0 Å². The summed E-state index contributed by atoms with van der Waals surface area (Å²) in [4.78, 5) is 0. The smallest absolute Gasteiger partial charge is 0.467 e. The summed E-state index contributed by atoms with van der Waals surface area (Å²) in [6.07, 6.45) is 6.27. The van der Waals surface area contributed by atoms with E-state index < -0.39 is 9.05 Å². The van der Waals surface area contributed by atoms with Crippen LogP contribution in [0.5, 0.6) is 0 Å². The van der Waals surface area contributed by atoms with Gasteiger partial charge in [-0.3, -0.25) is 0 Å². The molecule has 0 radical (unpaired) electrons. The summed E-state index contributed by atoms with van der Waals surface area (Å²) in [7, 11) is -3.66. The van der Waals surface area contributed by atoms with Gasteiger partial charge in [-0.15, -0.1) is 0 Å². The molecular weight excluding hydrogens is 396 g/mol. The van der Waals surface area contributed by atoms with Crippen molar-refractivity contribution in [2.45, 2.75) is 26.4 Å². The van der Waals surface area contributed by atoms with Crippen molar-refractivity contribution < 1.29 is 35.4 Å². The van der Waals surface area contributed by atoms with Crippen molar-refractivity contribution in [1.29, 1.82) is 0 Å². The quantitative estimate of drug-likeness (QED) is 0.308. The third kappa shape index (κ3) is 5.59. The fraction of sp³-hybridized carbons (Fsp3) is 0.200. The average Bonchev–Trinajstić information content (AvgIpc) is 3.56. The van der Waals surface area contributed by atoms with Gasteiger partial charge in [0.1, 0.15) is 23.0 Å². The van der Waals surface area contributed by atoms with E-state index in [2.05, 4.69) is 0 Å². The molecule has 0 saturated carbocycles. The van der Waals surface area contributed by atoms with E-state index in [1.165, 1.54) is 0 Å². The lowest BCUT2D eigenvalue weighted by Gasteiger charge is -2.27. The maximum Gasteiger partial charge on any atom is 0.681 e. The van der Waals surface area contributed by atoms with Gasteiger partial charge in [0.25, 0.3) is 0 Å². The standard InChI is InChI=1S/C20H20O8Si/c1-5-17(21-9-1)13-25-29(26-14-18-6-2-10-22-18,27-15-19-7-3-11-23-19)28-16-20-8-4-12-24-20/h1-12H,13-16H2. The first-order valence-electron chi connectivity index (χ1n) is 8.97. The zero-order valence-electron chi connectivity index (χ0n) is 15.5. The van der Waals surface area contributed by atoms with Gasteiger partial charge >= 0.3 is 9.05 Å². The Morgan fingerprint density at radius 3 is 0.966 bits per heavy atom. The van der Waals surface area contributed by atoms with Crippen molar-refractivity contribution in [2.75, 3.05) is 0 Å². The van der Waals surface area contributed by atoms with Gasteiger partial charge in [-0.2, -0.15) is 0 Å². The maximum atomic E-state index is 6.02. The van der Waals surface area contributed by atoms with Crippen molar-refractivity contribution in [3.63, 3.8) is 0 Å². The van der Waals surface area contributed by atoms with Gasteiger partial charge in [0.15, 0.2) is 0 Å². The van der Waals surface area contributed by atoms with E-state index >= 15 is 0 Å². The monoisotopic (exact) mass is 416 g/mol. The van der Waals surface area contributed by atoms with E-state index in [1.54, 1.807) is 73.6 Å². The Labute approximate surface area is 168 Å². The molecule has 0 amide bonds. The summed E-state index contributed by atoms with van der Waals surface area (Å²) in [6.45, 7) is 0.475. The molecule has 4 aromatic heterocycles. The predicted octanol–water partition coefficient (Wildman–Crippen LogP) is 4.66. The summed E-state index contributed by atoms with van der Waals surface area (Å²) in [5.74, 6) is 2.47. The van der Waals surface area contributed by atoms with Crippen LogP contribution >= 0.6 is 0 Å². The largest absolute Gasteiger partial charge is 0.681 e. The summed E-state index contributed by atoms with van der Waals surface area (Å²) in [5.41, 5.74) is 0. The summed E-state index contributed by atoms with van der Waals surface area (Å²) < 4.78 is 45.5. The van der Waals surface area contributed by atoms with Crippen LogP contribution < -0.4 is 0 Å². The van der Waals surface area contributed by atoms with Gasteiger partial charge in [-0.1, -0.05) is 0 Å². The zero-order chi connectivity index (χ0) is 19.8. The molecule has 0 fully saturated rings. The lowest BCUT2D eigenvalue weighted by atomic mass is 10.5. The number of hydrogen-bond donors (Lipinski definition) is 0. The molecule has 0 atom stereocenters. The molecule has 0 spiro atoms. The van der Waals surface area contributed by atoms with Gasteiger partial charge in [-0.05, 0) is 48.5 Å². The average molecular weight is 416 g/mol. The molecule has 8 nitrogen and oxygen atoms in total. The Bertz CT molecular complexity index is 755. The first-order chi connectivity index (χ1) is 14.3. The fourth-order valence-corrected chi connectivity index (χ4v) is 4.24. The van der Waals surface area contributed by atoms with Crippen LogP contribution in [0.1, 0.15) is 23.0 Å². The molecule has 0 N–H and O–H groups in total. The normalized spacial score (nSPS) is 11.9. The van der Waals surface area contributed by atoms with Crippen LogP contribution in [0.4, 0.5) is 0 Å². The zero-order valence-corrected chi connectivity index (χ0v) is 16.5. The van der Waals surface area contributed by atoms with E-state index in [9.17, 15) is 0 Å². The highest BCUT2D eigenvalue weighted by Gasteiger charge is 2.47. The SMILES string of the molecule is c1coc(CO[Si](OCc2ccco2)(OCc2ccco2)OCc2ccco2)c1. The van der Waals surface area contributed by atoms with Crippen molar-refractivity contribution in [3.8, 4) is 0 Å². The molecule has 4 rings (SSSR count). The van der Waals surface area contributed by atoms with Crippen LogP contribution in [-0.4, -0.2) is 9.05 Å². The lowest BCUT2D eigenvalue weighted by Crippen LogP contribution is -2.48. The second kappa shape index (κ2) is 9.59. The molecule has 0 aromatic carbocycles. The van der Waals surface area contributed by atoms with Gasteiger partial charge in [0.05, 0.1) is 51.5 Å². The van der Waals surface area contributed by atoms with Gasteiger partial charge in [-0.25, -0.2) is 0 Å². The molecule has 0 bridgehead atoms. The molecular formula is C20H20O8Si. The summed E-state index contributed by atoms with van der Waals surface area (Å²) in [6, 6.07) is 14.3. The molecule has 0 aliphatic carbocycles. The molecule has 4 heterocycles. The lowest BCUT2D eigenvalue weighted by molar-refractivity contribution is -0.0610.